The Kier molecular flexibility index (Phi) is 4.13. The van der Waals surface area contributed by atoms with Crippen molar-refractivity contribution in [1.29, 1.82) is 0 Å². The van der Waals surface area contributed by atoms with E-state index in [1.54, 1.807) is 24.4 Å². The molecule has 0 amide bonds. The SMILES string of the molecule is CCOc1ccccc1C(=O)Cc1cccnc1N. The molecule has 0 aliphatic heterocycles. The van der Waals surface area contributed by atoms with Crippen LogP contribution in [-0.4, -0.2) is 17.4 Å². The average Bonchev–Trinajstić information content (AvgIpc) is 2.42. The zero-order chi connectivity index (χ0) is 13.7. The summed E-state index contributed by atoms with van der Waals surface area (Å²) in [5.74, 6) is 0.978. The van der Waals surface area contributed by atoms with Crippen molar-refractivity contribution in [1.82, 2.24) is 4.98 Å². The minimum Gasteiger partial charge on any atom is -0.493 e. The van der Waals surface area contributed by atoms with Gasteiger partial charge in [0.2, 0.25) is 0 Å². The second kappa shape index (κ2) is 6.00. The van der Waals surface area contributed by atoms with Gasteiger partial charge in [-0.3, -0.25) is 4.79 Å². The number of nitrogen functional groups attached to an aromatic ring is 1. The van der Waals surface area contributed by atoms with E-state index in [-0.39, 0.29) is 12.2 Å². The summed E-state index contributed by atoms with van der Waals surface area (Å²) >= 11 is 0. The molecule has 2 N–H and O–H groups in total. The number of benzene rings is 1. The van der Waals surface area contributed by atoms with Crippen molar-refractivity contribution in [3.8, 4) is 5.75 Å². The van der Waals surface area contributed by atoms with Crippen molar-refractivity contribution in [2.24, 2.45) is 0 Å². The van der Waals surface area contributed by atoms with Gasteiger partial charge in [-0.25, -0.2) is 4.98 Å². The minimum absolute atomic E-state index is 0.0243. The number of hydrogen-bond donors (Lipinski definition) is 1. The second-order valence-electron chi connectivity index (χ2n) is 4.08. The molecule has 0 fully saturated rings. The predicted molar refractivity (Wildman–Crippen MR) is 74.3 cm³/mol. The highest BCUT2D eigenvalue weighted by Crippen LogP contribution is 2.21. The fourth-order valence-electron chi connectivity index (χ4n) is 1.85. The third-order valence-electron chi connectivity index (χ3n) is 2.76. The summed E-state index contributed by atoms with van der Waals surface area (Å²) in [7, 11) is 0. The fraction of sp³-hybridized carbons (Fsp3) is 0.200. The Morgan fingerprint density at radius 2 is 2.05 bits per heavy atom. The molecule has 0 atom stereocenters. The van der Waals surface area contributed by atoms with Crippen LogP contribution in [0.5, 0.6) is 5.75 Å². The molecule has 0 saturated heterocycles. The Morgan fingerprint density at radius 3 is 2.79 bits per heavy atom. The smallest absolute Gasteiger partial charge is 0.171 e. The molecule has 1 aromatic carbocycles. The van der Waals surface area contributed by atoms with Gasteiger partial charge in [0.15, 0.2) is 5.78 Å². The molecule has 0 saturated carbocycles. The zero-order valence-corrected chi connectivity index (χ0v) is 10.8. The Hall–Kier alpha value is -2.36. The van der Waals surface area contributed by atoms with Crippen LogP contribution in [0, 0.1) is 0 Å². The van der Waals surface area contributed by atoms with E-state index in [0.29, 0.717) is 23.7 Å². The molecule has 98 valence electrons. The third-order valence-corrected chi connectivity index (χ3v) is 2.76. The molecule has 1 aromatic heterocycles. The van der Waals surface area contributed by atoms with Gasteiger partial charge in [0.05, 0.1) is 12.2 Å². The molecule has 0 unspecified atom stereocenters. The summed E-state index contributed by atoms with van der Waals surface area (Å²) < 4.78 is 5.46. The summed E-state index contributed by atoms with van der Waals surface area (Å²) in [6.45, 7) is 2.42. The highest BCUT2D eigenvalue weighted by molar-refractivity contribution is 6.00. The molecular formula is C15H16N2O2. The maximum atomic E-state index is 12.3. The molecule has 0 spiro atoms. The third kappa shape index (κ3) is 3.10. The van der Waals surface area contributed by atoms with Crippen LogP contribution in [0.4, 0.5) is 5.82 Å². The van der Waals surface area contributed by atoms with E-state index in [1.165, 1.54) is 0 Å². The van der Waals surface area contributed by atoms with Crippen LogP contribution in [0.25, 0.3) is 0 Å². The second-order valence-corrected chi connectivity index (χ2v) is 4.08. The fourth-order valence-corrected chi connectivity index (χ4v) is 1.85. The van der Waals surface area contributed by atoms with Crippen molar-refractivity contribution >= 4 is 11.6 Å². The van der Waals surface area contributed by atoms with Crippen molar-refractivity contribution in [2.75, 3.05) is 12.3 Å². The zero-order valence-electron chi connectivity index (χ0n) is 10.8. The van der Waals surface area contributed by atoms with Gasteiger partial charge in [-0.05, 0) is 25.1 Å². The van der Waals surface area contributed by atoms with Gasteiger partial charge in [-0.2, -0.15) is 0 Å². The lowest BCUT2D eigenvalue weighted by molar-refractivity contribution is 0.0989. The predicted octanol–water partition coefficient (Wildman–Crippen LogP) is 2.49. The molecule has 4 heteroatoms. The summed E-state index contributed by atoms with van der Waals surface area (Å²) in [5, 5.41) is 0. The van der Waals surface area contributed by atoms with Gasteiger partial charge in [0, 0.05) is 18.2 Å². The van der Waals surface area contributed by atoms with Crippen molar-refractivity contribution < 1.29 is 9.53 Å². The van der Waals surface area contributed by atoms with Crippen molar-refractivity contribution in [3.05, 3.63) is 53.7 Å². The maximum absolute atomic E-state index is 12.3. The highest BCUT2D eigenvalue weighted by atomic mass is 16.5. The van der Waals surface area contributed by atoms with Gasteiger partial charge >= 0.3 is 0 Å². The Labute approximate surface area is 112 Å². The van der Waals surface area contributed by atoms with Crippen LogP contribution in [0.3, 0.4) is 0 Å². The number of carbonyl (C=O) groups excluding carboxylic acids is 1. The Balaban J connectivity index is 2.23. The lowest BCUT2D eigenvalue weighted by Crippen LogP contribution is -2.09. The summed E-state index contributed by atoms with van der Waals surface area (Å²) in [5.41, 5.74) is 7.06. The standard InChI is InChI=1S/C15H16N2O2/c1-2-19-14-8-4-3-7-12(14)13(18)10-11-6-5-9-17-15(11)16/h3-9H,2,10H2,1H3,(H2,16,17). The molecule has 0 aliphatic carbocycles. The van der Waals surface area contributed by atoms with E-state index in [9.17, 15) is 4.79 Å². The molecule has 4 nitrogen and oxygen atoms in total. The molecule has 1 heterocycles. The van der Waals surface area contributed by atoms with Gasteiger partial charge < -0.3 is 10.5 Å². The number of hydrogen-bond acceptors (Lipinski definition) is 4. The van der Waals surface area contributed by atoms with Crippen LogP contribution < -0.4 is 10.5 Å². The number of anilines is 1. The van der Waals surface area contributed by atoms with Crippen LogP contribution in [0.1, 0.15) is 22.8 Å². The lowest BCUT2D eigenvalue weighted by Gasteiger charge is -2.09. The first-order chi connectivity index (χ1) is 9.22. The number of rotatable bonds is 5. The summed E-state index contributed by atoms with van der Waals surface area (Å²) in [4.78, 5) is 16.3. The monoisotopic (exact) mass is 256 g/mol. The maximum Gasteiger partial charge on any atom is 0.171 e. The van der Waals surface area contributed by atoms with Crippen molar-refractivity contribution in [3.63, 3.8) is 0 Å². The van der Waals surface area contributed by atoms with Gasteiger partial charge in [-0.15, -0.1) is 0 Å². The first-order valence-corrected chi connectivity index (χ1v) is 6.16. The van der Waals surface area contributed by atoms with E-state index in [2.05, 4.69) is 4.98 Å². The number of para-hydroxylation sites is 1. The Morgan fingerprint density at radius 1 is 1.26 bits per heavy atom. The van der Waals surface area contributed by atoms with Crippen LogP contribution in [-0.2, 0) is 6.42 Å². The molecule has 0 radical (unpaired) electrons. The minimum atomic E-state index is -0.0243. The van der Waals surface area contributed by atoms with Crippen LogP contribution >= 0.6 is 0 Å². The molecule has 0 aliphatic rings. The number of pyridine rings is 1. The highest BCUT2D eigenvalue weighted by Gasteiger charge is 2.13. The number of nitrogens with zero attached hydrogens (tertiary/aromatic N) is 1. The van der Waals surface area contributed by atoms with Gasteiger partial charge in [-0.1, -0.05) is 18.2 Å². The van der Waals surface area contributed by atoms with Gasteiger partial charge in [0.25, 0.3) is 0 Å². The van der Waals surface area contributed by atoms with Gasteiger partial charge in [0.1, 0.15) is 11.6 Å². The largest absolute Gasteiger partial charge is 0.493 e. The van der Waals surface area contributed by atoms with E-state index >= 15 is 0 Å². The lowest BCUT2D eigenvalue weighted by atomic mass is 10.0. The van der Waals surface area contributed by atoms with E-state index < -0.39 is 0 Å². The molecule has 2 aromatic rings. The first-order valence-electron chi connectivity index (χ1n) is 6.16. The average molecular weight is 256 g/mol. The number of ether oxygens (including phenoxy) is 1. The van der Waals surface area contributed by atoms with Crippen molar-refractivity contribution in [2.45, 2.75) is 13.3 Å². The topological polar surface area (TPSA) is 65.2 Å². The number of nitrogens with two attached hydrogens (primary N) is 1. The molecule has 19 heavy (non-hydrogen) atoms. The van der Waals surface area contributed by atoms with E-state index in [0.717, 1.165) is 5.56 Å². The quantitative estimate of drug-likeness (QED) is 0.835. The number of ketones is 1. The van der Waals surface area contributed by atoms with E-state index in [4.69, 9.17) is 10.5 Å². The number of aromatic nitrogens is 1. The summed E-state index contributed by atoms with van der Waals surface area (Å²) in [6, 6.07) is 10.8. The van der Waals surface area contributed by atoms with Crippen LogP contribution in [0.15, 0.2) is 42.6 Å². The molecule has 2 rings (SSSR count). The van der Waals surface area contributed by atoms with Crippen LogP contribution in [0.2, 0.25) is 0 Å². The molecule has 0 bridgehead atoms. The molecular weight excluding hydrogens is 240 g/mol. The Bertz CT molecular complexity index is 582. The number of carbonyl (C=O) groups is 1. The number of Topliss-reactive ketones (excluding diaryl/α,β-unsaturated/α-hetero) is 1. The van der Waals surface area contributed by atoms with E-state index in [1.807, 2.05) is 25.1 Å². The first kappa shape index (κ1) is 13.1. The summed E-state index contributed by atoms with van der Waals surface area (Å²) in [6.07, 6.45) is 1.83. The normalized spacial score (nSPS) is 10.2.